The first-order valence-electron chi connectivity index (χ1n) is 10.7. The number of para-hydroxylation sites is 1. The zero-order chi connectivity index (χ0) is 22.5. The third-order valence-corrected chi connectivity index (χ3v) is 6.44. The van der Waals surface area contributed by atoms with Gasteiger partial charge < -0.3 is 20.1 Å². The topological polar surface area (TPSA) is 99.1 Å². The van der Waals surface area contributed by atoms with E-state index in [4.69, 9.17) is 27.1 Å². The molecule has 0 saturated heterocycles. The first-order chi connectivity index (χ1) is 16.1. The second kappa shape index (κ2) is 7.72. The number of anilines is 1. The molecule has 33 heavy (non-hydrogen) atoms. The molecule has 3 aromatic heterocycles. The number of aromatic nitrogens is 4. The summed E-state index contributed by atoms with van der Waals surface area (Å²) in [5.74, 6) is 1.60. The molecule has 3 N–H and O–H groups in total. The molecule has 5 aromatic rings. The van der Waals surface area contributed by atoms with Gasteiger partial charge in [-0.2, -0.15) is 0 Å². The van der Waals surface area contributed by atoms with Crippen molar-refractivity contribution < 1.29 is 9.84 Å². The molecule has 0 spiro atoms. The molecule has 2 aromatic carbocycles. The highest BCUT2D eigenvalue weighted by Crippen LogP contribution is 2.42. The number of hydrogen-bond acceptors (Lipinski definition) is 6. The molecule has 3 heterocycles. The fourth-order valence-electron chi connectivity index (χ4n) is 4.37. The van der Waals surface area contributed by atoms with Gasteiger partial charge in [0.1, 0.15) is 23.5 Å². The average Bonchev–Trinajstić information content (AvgIpc) is 3.18. The lowest BCUT2D eigenvalue weighted by molar-refractivity contribution is 0.0502. The molecule has 0 atom stereocenters. The van der Waals surface area contributed by atoms with Crippen LogP contribution in [-0.4, -0.2) is 30.7 Å². The highest BCUT2D eigenvalue weighted by Gasteiger charge is 2.31. The van der Waals surface area contributed by atoms with E-state index >= 15 is 0 Å². The molecular formula is C25H20ClN5O2. The predicted octanol–water partition coefficient (Wildman–Crippen LogP) is 5.37. The molecule has 164 valence electrons. The molecule has 0 unspecified atom stereocenters. The van der Waals surface area contributed by atoms with Gasteiger partial charge in [-0.1, -0.05) is 29.8 Å². The third kappa shape index (κ3) is 3.46. The first kappa shape index (κ1) is 20.0. The maximum Gasteiger partial charge on any atom is 0.219 e. The van der Waals surface area contributed by atoms with E-state index in [2.05, 4.69) is 14.5 Å². The Morgan fingerprint density at radius 2 is 1.85 bits per heavy atom. The number of fused-ring (bicyclic) bond motifs is 2. The molecule has 8 heteroatoms. The van der Waals surface area contributed by atoms with E-state index < -0.39 is 0 Å². The standard InChI is InChI=1S/C25H20ClN5O2/c26-20-8-14-6-7-22(33-17-4-2-1-3-5-17)30-21(14)11-18(20)19-12-31(15-9-16(32)10-15)25-23(19)24(27)28-13-29-25/h1-8,11-13,15-16,32H,9-10H2,(H2,27,28,29). The minimum absolute atomic E-state index is 0.161. The maximum absolute atomic E-state index is 9.81. The van der Waals surface area contributed by atoms with Crippen LogP contribution in [0.2, 0.25) is 5.02 Å². The van der Waals surface area contributed by atoms with Crippen molar-refractivity contribution in [2.45, 2.75) is 25.0 Å². The second-order valence-electron chi connectivity index (χ2n) is 8.28. The quantitative estimate of drug-likeness (QED) is 0.376. The first-order valence-corrected chi connectivity index (χ1v) is 11.1. The van der Waals surface area contributed by atoms with E-state index in [9.17, 15) is 5.11 Å². The number of benzene rings is 2. The number of aliphatic hydroxyl groups excluding tert-OH is 1. The van der Waals surface area contributed by atoms with Gasteiger partial charge in [-0.05, 0) is 43.2 Å². The molecular weight excluding hydrogens is 438 g/mol. The predicted molar refractivity (Wildman–Crippen MR) is 128 cm³/mol. The van der Waals surface area contributed by atoms with Crippen LogP contribution in [0, 0.1) is 0 Å². The average molecular weight is 458 g/mol. The van der Waals surface area contributed by atoms with E-state index in [0.717, 1.165) is 33.1 Å². The second-order valence-corrected chi connectivity index (χ2v) is 8.68. The van der Waals surface area contributed by atoms with E-state index in [1.54, 1.807) is 0 Å². The van der Waals surface area contributed by atoms with Gasteiger partial charge in [0.2, 0.25) is 5.88 Å². The summed E-state index contributed by atoms with van der Waals surface area (Å²) in [6, 6.07) is 17.3. The molecule has 0 amide bonds. The normalized spacial score (nSPS) is 17.9. The van der Waals surface area contributed by atoms with Crippen LogP contribution in [0.25, 0.3) is 33.1 Å². The van der Waals surface area contributed by atoms with Gasteiger partial charge in [0, 0.05) is 39.8 Å². The Bertz CT molecular complexity index is 1500. The van der Waals surface area contributed by atoms with Crippen LogP contribution in [0.15, 0.2) is 67.1 Å². The number of ether oxygens (including phenoxy) is 1. The van der Waals surface area contributed by atoms with Crippen molar-refractivity contribution in [3.05, 3.63) is 72.1 Å². The Morgan fingerprint density at radius 3 is 2.64 bits per heavy atom. The zero-order valence-corrected chi connectivity index (χ0v) is 18.3. The summed E-state index contributed by atoms with van der Waals surface area (Å²) in [6.07, 6.45) is 4.54. The van der Waals surface area contributed by atoms with Crippen LogP contribution < -0.4 is 10.5 Å². The van der Waals surface area contributed by atoms with Gasteiger partial charge in [-0.15, -0.1) is 0 Å². The van der Waals surface area contributed by atoms with Gasteiger partial charge >= 0.3 is 0 Å². The SMILES string of the molecule is Nc1ncnc2c1c(-c1cc3nc(Oc4ccccc4)ccc3cc1Cl)cn2C1CC(O)C1. The van der Waals surface area contributed by atoms with Crippen LogP contribution in [0.5, 0.6) is 11.6 Å². The molecule has 6 rings (SSSR count). The Hall–Kier alpha value is -3.68. The lowest BCUT2D eigenvalue weighted by atomic mass is 9.89. The summed E-state index contributed by atoms with van der Waals surface area (Å²) >= 11 is 6.73. The molecule has 0 radical (unpaired) electrons. The highest BCUT2D eigenvalue weighted by molar-refractivity contribution is 6.34. The zero-order valence-electron chi connectivity index (χ0n) is 17.5. The fourth-order valence-corrected chi connectivity index (χ4v) is 4.65. The van der Waals surface area contributed by atoms with Crippen molar-refractivity contribution >= 4 is 39.4 Å². The lowest BCUT2D eigenvalue weighted by Gasteiger charge is -2.32. The van der Waals surface area contributed by atoms with Gasteiger partial charge in [-0.25, -0.2) is 15.0 Å². The Kier molecular flexibility index (Phi) is 4.67. The van der Waals surface area contributed by atoms with Crippen molar-refractivity contribution in [3.8, 4) is 22.8 Å². The summed E-state index contributed by atoms with van der Waals surface area (Å²) < 4.78 is 7.98. The van der Waals surface area contributed by atoms with Crippen molar-refractivity contribution in [1.29, 1.82) is 0 Å². The number of rotatable bonds is 4. The molecule has 0 bridgehead atoms. The molecule has 1 aliphatic rings. The number of halogens is 1. The minimum atomic E-state index is -0.286. The number of nitrogens with two attached hydrogens (primary N) is 1. The third-order valence-electron chi connectivity index (χ3n) is 6.13. The summed E-state index contributed by atoms with van der Waals surface area (Å²) in [5, 5.41) is 12.0. The molecule has 1 saturated carbocycles. The summed E-state index contributed by atoms with van der Waals surface area (Å²) in [6.45, 7) is 0. The molecule has 1 fully saturated rings. The summed E-state index contributed by atoms with van der Waals surface area (Å²) in [4.78, 5) is 13.4. The molecule has 7 nitrogen and oxygen atoms in total. The Balaban J connectivity index is 1.49. The number of pyridine rings is 1. The van der Waals surface area contributed by atoms with Crippen molar-refractivity contribution in [1.82, 2.24) is 19.5 Å². The van der Waals surface area contributed by atoms with Crippen LogP contribution in [0.3, 0.4) is 0 Å². The van der Waals surface area contributed by atoms with E-state index in [1.165, 1.54) is 6.33 Å². The van der Waals surface area contributed by atoms with Crippen LogP contribution in [0.1, 0.15) is 18.9 Å². The molecule has 1 aliphatic carbocycles. The van der Waals surface area contributed by atoms with E-state index in [-0.39, 0.29) is 12.1 Å². The number of nitrogens with zero attached hydrogens (tertiary/aromatic N) is 4. The van der Waals surface area contributed by atoms with Crippen LogP contribution >= 0.6 is 11.6 Å². The monoisotopic (exact) mass is 457 g/mol. The summed E-state index contributed by atoms with van der Waals surface area (Å²) in [5.41, 5.74) is 9.39. The number of hydrogen-bond donors (Lipinski definition) is 2. The Labute approximate surface area is 194 Å². The Morgan fingerprint density at radius 1 is 1.03 bits per heavy atom. The van der Waals surface area contributed by atoms with Gasteiger partial charge in [0.25, 0.3) is 0 Å². The van der Waals surface area contributed by atoms with Crippen LogP contribution in [-0.2, 0) is 0 Å². The van der Waals surface area contributed by atoms with Crippen molar-refractivity contribution in [3.63, 3.8) is 0 Å². The smallest absolute Gasteiger partial charge is 0.219 e. The van der Waals surface area contributed by atoms with Crippen LogP contribution in [0.4, 0.5) is 5.82 Å². The van der Waals surface area contributed by atoms with Crippen molar-refractivity contribution in [2.75, 3.05) is 5.73 Å². The number of nitrogen functional groups attached to an aromatic ring is 1. The largest absolute Gasteiger partial charge is 0.439 e. The van der Waals surface area contributed by atoms with Gasteiger partial charge in [0.05, 0.1) is 17.0 Å². The highest BCUT2D eigenvalue weighted by atomic mass is 35.5. The number of aliphatic hydroxyl groups is 1. The summed E-state index contributed by atoms with van der Waals surface area (Å²) in [7, 11) is 0. The molecule has 0 aliphatic heterocycles. The van der Waals surface area contributed by atoms with Crippen molar-refractivity contribution in [2.24, 2.45) is 0 Å². The van der Waals surface area contributed by atoms with Gasteiger partial charge in [-0.3, -0.25) is 0 Å². The van der Waals surface area contributed by atoms with E-state index in [1.807, 2.05) is 60.8 Å². The van der Waals surface area contributed by atoms with E-state index in [0.29, 0.717) is 35.3 Å². The minimum Gasteiger partial charge on any atom is -0.439 e. The lowest BCUT2D eigenvalue weighted by Crippen LogP contribution is -2.30. The fraction of sp³-hybridized carbons (Fsp3) is 0.160. The van der Waals surface area contributed by atoms with Gasteiger partial charge in [0.15, 0.2) is 0 Å². The maximum atomic E-state index is 9.81.